The van der Waals surface area contributed by atoms with Crippen LogP contribution in [0.5, 0.6) is 0 Å². The number of rotatable bonds is 4. The van der Waals surface area contributed by atoms with Crippen molar-refractivity contribution in [3.8, 4) is 0 Å². The Morgan fingerprint density at radius 2 is 2.44 bits per heavy atom. The quantitative estimate of drug-likeness (QED) is 0.842. The molecule has 2 heterocycles. The Bertz CT molecular complexity index is 436. The van der Waals surface area contributed by atoms with E-state index in [0.29, 0.717) is 24.8 Å². The van der Waals surface area contributed by atoms with Gasteiger partial charge in [0.2, 0.25) is 0 Å². The molecule has 5 nitrogen and oxygen atoms in total. The van der Waals surface area contributed by atoms with Gasteiger partial charge in [-0.1, -0.05) is 13.8 Å². The zero-order valence-corrected chi connectivity index (χ0v) is 11.0. The third-order valence-corrected chi connectivity index (χ3v) is 3.14. The summed E-state index contributed by atoms with van der Waals surface area (Å²) in [5, 5.41) is 3.22. The lowest BCUT2D eigenvalue weighted by Crippen LogP contribution is -2.28. The summed E-state index contributed by atoms with van der Waals surface area (Å²) in [4.78, 5) is 19.2. The van der Waals surface area contributed by atoms with E-state index in [2.05, 4.69) is 29.1 Å². The van der Waals surface area contributed by atoms with Crippen LogP contribution in [0.25, 0.3) is 0 Å². The highest BCUT2D eigenvalue weighted by Gasteiger charge is 2.18. The Balaban J connectivity index is 2.06. The van der Waals surface area contributed by atoms with E-state index in [9.17, 15) is 4.79 Å². The van der Waals surface area contributed by atoms with E-state index in [0.717, 1.165) is 25.3 Å². The molecule has 2 N–H and O–H groups in total. The number of aromatic nitrogens is 2. The number of hydrogen-bond acceptors (Lipinski definition) is 4. The molecular formula is C13H21N3O2. The van der Waals surface area contributed by atoms with Crippen molar-refractivity contribution in [2.75, 3.05) is 13.2 Å². The van der Waals surface area contributed by atoms with Crippen LogP contribution in [0.1, 0.15) is 44.0 Å². The van der Waals surface area contributed by atoms with Crippen LogP contribution in [-0.2, 0) is 11.3 Å². The Morgan fingerprint density at radius 1 is 1.61 bits per heavy atom. The van der Waals surface area contributed by atoms with Crippen molar-refractivity contribution in [1.29, 1.82) is 0 Å². The second kappa shape index (κ2) is 6.11. The molecule has 1 aliphatic rings. The first kappa shape index (κ1) is 13.2. The van der Waals surface area contributed by atoms with Crippen molar-refractivity contribution >= 4 is 0 Å². The first-order chi connectivity index (χ1) is 8.66. The molecular weight excluding hydrogens is 230 g/mol. The standard InChI is InChI=1S/C13H21N3O2/c1-9(2)14-6-11-7-15-12(16-13(11)17)10-4-3-5-18-8-10/h7,9-10,14H,3-6,8H2,1-2H3,(H,15,16,17). The molecule has 0 aromatic carbocycles. The minimum Gasteiger partial charge on any atom is -0.381 e. The highest BCUT2D eigenvalue weighted by atomic mass is 16.5. The van der Waals surface area contributed by atoms with Crippen LogP contribution in [-0.4, -0.2) is 29.2 Å². The minimum atomic E-state index is -0.0428. The zero-order chi connectivity index (χ0) is 13.0. The molecule has 100 valence electrons. The van der Waals surface area contributed by atoms with E-state index in [-0.39, 0.29) is 11.5 Å². The summed E-state index contributed by atoms with van der Waals surface area (Å²) in [5.41, 5.74) is 0.642. The fraction of sp³-hybridized carbons (Fsp3) is 0.692. The molecule has 0 radical (unpaired) electrons. The Morgan fingerprint density at radius 3 is 3.06 bits per heavy atom. The van der Waals surface area contributed by atoms with Gasteiger partial charge in [0.1, 0.15) is 5.82 Å². The molecule has 1 fully saturated rings. The molecule has 2 rings (SSSR count). The van der Waals surface area contributed by atoms with Gasteiger partial charge in [-0.2, -0.15) is 0 Å². The molecule has 0 saturated carbocycles. The van der Waals surface area contributed by atoms with Gasteiger partial charge in [0, 0.05) is 36.9 Å². The highest BCUT2D eigenvalue weighted by molar-refractivity contribution is 5.08. The van der Waals surface area contributed by atoms with Crippen molar-refractivity contribution in [2.45, 2.75) is 45.2 Å². The third-order valence-electron chi connectivity index (χ3n) is 3.14. The van der Waals surface area contributed by atoms with Crippen LogP contribution in [0.15, 0.2) is 11.0 Å². The number of ether oxygens (including phenoxy) is 1. The van der Waals surface area contributed by atoms with Crippen LogP contribution >= 0.6 is 0 Å². The average molecular weight is 251 g/mol. The van der Waals surface area contributed by atoms with E-state index in [1.165, 1.54) is 0 Å². The van der Waals surface area contributed by atoms with Crippen molar-refractivity contribution in [2.24, 2.45) is 0 Å². The average Bonchev–Trinajstić information content (AvgIpc) is 2.38. The Kier molecular flexibility index (Phi) is 4.49. The predicted molar refractivity (Wildman–Crippen MR) is 69.6 cm³/mol. The highest BCUT2D eigenvalue weighted by Crippen LogP contribution is 2.21. The SMILES string of the molecule is CC(C)NCc1cnc(C2CCCOC2)[nH]c1=O. The molecule has 18 heavy (non-hydrogen) atoms. The molecule has 1 aromatic heterocycles. The fourth-order valence-corrected chi connectivity index (χ4v) is 2.04. The van der Waals surface area contributed by atoms with Crippen molar-refractivity contribution in [1.82, 2.24) is 15.3 Å². The van der Waals surface area contributed by atoms with Crippen LogP contribution < -0.4 is 10.9 Å². The molecule has 1 aromatic rings. The molecule has 0 amide bonds. The maximum Gasteiger partial charge on any atom is 0.255 e. The third kappa shape index (κ3) is 3.40. The summed E-state index contributed by atoms with van der Waals surface area (Å²) in [6, 6.07) is 0.357. The summed E-state index contributed by atoms with van der Waals surface area (Å²) in [5.74, 6) is 0.992. The van der Waals surface area contributed by atoms with E-state index in [4.69, 9.17) is 4.74 Å². The van der Waals surface area contributed by atoms with Gasteiger partial charge in [-0.15, -0.1) is 0 Å². The first-order valence-electron chi connectivity index (χ1n) is 6.56. The summed E-state index contributed by atoms with van der Waals surface area (Å²) in [7, 11) is 0. The number of aromatic amines is 1. The lowest BCUT2D eigenvalue weighted by Gasteiger charge is -2.21. The van der Waals surface area contributed by atoms with E-state index < -0.39 is 0 Å². The normalized spacial score (nSPS) is 20.3. The smallest absolute Gasteiger partial charge is 0.255 e. The molecule has 0 bridgehead atoms. The first-order valence-corrected chi connectivity index (χ1v) is 6.56. The molecule has 0 aliphatic carbocycles. The molecule has 1 unspecified atom stereocenters. The summed E-state index contributed by atoms with van der Waals surface area (Å²) >= 11 is 0. The molecule has 1 atom stereocenters. The predicted octanol–water partition coefficient (Wildman–Crippen LogP) is 1.16. The van der Waals surface area contributed by atoms with Crippen molar-refractivity contribution in [3.05, 3.63) is 27.9 Å². The van der Waals surface area contributed by atoms with Gasteiger partial charge in [0.05, 0.1) is 6.61 Å². The topological polar surface area (TPSA) is 67.0 Å². The molecule has 0 spiro atoms. The van der Waals surface area contributed by atoms with Crippen molar-refractivity contribution < 1.29 is 4.74 Å². The zero-order valence-electron chi connectivity index (χ0n) is 11.0. The van der Waals surface area contributed by atoms with Crippen LogP contribution in [0.4, 0.5) is 0 Å². The Labute approximate surface area is 107 Å². The van der Waals surface area contributed by atoms with Gasteiger partial charge in [-0.3, -0.25) is 4.79 Å². The second-order valence-electron chi connectivity index (χ2n) is 5.07. The van der Waals surface area contributed by atoms with Crippen LogP contribution in [0, 0.1) is 0 Å². The fourth-order valence-electron chi connectivity index (χ4n) is 2.04. The largest absolute Gasteiger partial charge is 0.381 e. The second-order valence-corrected chi connectivity index (χ2v) is 5.07. The monoisotopic (exact) mass is 251 g/mol. The number of H-pyrrole nitrogens is 1. The van der Waals surface area contributed by atoms with Gasteiger partial charge in [0.15, 0.2) is 0 Å². The minimum absolute atomic E-state index is 0.0428. The lowest BCUT2D eigenvalue weighted by atomic mass is 10.0. The molecule has 5 heteroatoms. The lowest BCUT2D eigenvalue weighted by molar-refractivity contribution is 0.0779. The number of hydrogen-bond donors (Lipinski definition) is 2. The van der Waals surface area contributed by atoms with Gasteiger partial charge >= 0.3 is 0 Å². The van der Waals surface area contributed by atoms with Gasteiger partial charge in [-0.05, 0) is 12.8 Å². The summed E-state index contributed by atoms with van der Waals surface area (Å²) in [6.45, 7) is 6.13. The van der Waals surface area contributed by atoms with Gasteiger partial charge in [0.25, 0.3) is 5.56 Å². The molecule has 1 aliphatic heterocycles. The van der Waals surface area contributed by atoms with E-state index in [1.807, 2.05) is 0 Å². The van der Waals surface area contributed by atoms with Crippen LogP contribution in [0.3, 0.4) is 0 Å². The summed E-state index contributed by atoms with van der Waals surface area (Å²) in [6.07, 6.45) is 3.75. The maximum atomic E-state index is 11.9. The van der Waals surface area contributed by atoms with E-state index in [1.54, 1.807) is 6.20 Å². The van der Waals surface area contributed by atoms with E-state index >= 15 is 0 Å². The van der Waals surface area contributed by atoms with Crippen LogP contribution in [0.2, 0.25) is 0 Å². The van der Waals surface area contributed by atoms with Gasteiger partial charge < -0.3 is 15.0 Å². The van der Waals surface area contributed by atoms with Crippen molar-refractivity contribution in [3.63, 3.8) is 0 Å². The number of nitrogens with one attached hydrogen (secondary N) is 2. The Hall–Kier alpha value is -1.20. The summed E-state index contributed by atoms with van der Waals surface area (Å²) < 4.78 is 5.41. The number of nitrogens with zero attached hydrogens (tertiary/aromatic N) is 1. The maximum absolute atomic E-state index is 11.9. The molecule has 1 saturated heterocycles. The van der Waals surface area contributed by atoms with Gasteiger partial charge in [-0.25, -0.2) is 4.98 Å².